The summed E-state index contributed by atoms with van der Waals surface area (Å²) in [4.78, 5) is 0. The fourth-order valence-electron chi connectivity index (χ4n) is 1.06. The molecule has 52 valence electrons. The predicted molar refractivity (Wildman–Crippen MR) is 40.5 cm³/mol. The van der Waals surface area contributed by atoms with Crippen LogP contribution in [-0.2, 0) is 0 Å². The average Bonchev–Trinajstić information content (AvgIpc) is 2.00. The summed E-state index contributed by atoms with van der Waals surface area (Å²) in [6.07, 6.45) is 9.75. The third-order valence-electron chi connectivity index (χ3n) is 1.63. The van der Waals surface area contributed by atoms with Gasteiger partial charge in [0.1, 0.15) is 0 Å². The van der Waals surface area contributed by atoms with Gasteiger partial charge in [-0.25, -0.2) is 0 Å². The van der Waals surface area contributed by atoms with Crippen LogP contribution in [0.4, 0.5) is 0 Å². The van der Waals surface area contributed by atoms with E-state index in [0.717, 1.165) is 6.54 Å². The molecule has 9 heavy (non-hydrogen) atoms. The Morgan fingerprint density at radius 2 is 1.78 bits per heavy atom. The Balaban J connectivity index is 2.15. The zero-order chi connectivity index (χ0) is 6.36. The van der Waals surface area contributed by atoms with E-state index < -0.39 is 0 Å². The number of hydrogen-bond acceptors (Lipinski definition) is 1. The normalized spacial score (nSPS) is 22.2. The Kier molecular flexibility index (Phi) is 3.46. The molecule has 1 aliphatic rings. The molecule has 0 atom stereocenters. The lowest BCUT2D eigenvalue weighted by atomic mass is 10.2. The maximum Gasteiger partial charge on any atom is -0.00143 e. The molecule has 0 aromatic carbocycles. The Bertz CT molecular complexity index is 76.6. The summed E-state index contributed by atoms with van der Waals surface area (Å²) in [5.41, 5.74) is 0. The lowest BCUT2D eigenvalue weighted by Crippen LogP contribution is -2.15. The van der Waals surface area contributed by atoms with E-state index in [4.69, 9.17) is 0 Å². The number of rotatable bonds is 0. The smallest absolute Gasteiger partial charge is 0.00143 e. The summed E-state index contributed by atoms with van der Waals surface area (Å²) >= 11 is 0. The SMILES string of the molecule is C1=CCCNCCCC1. The Morgan fingerprint density at radius 3 is 2.78 bits per heavy atom. The van der Waals surface area contributed by atoms with E-state index in [9.17, 15) is 0 Å². The molecular formula is C8H15N. The molecule has 0 spiro atoms. The first-order chi connectivity index (χ1) is 4.50. The molecule has 0 amide bonds. The van der Waals surface area contributed by atoms with Crippen LogP contribution in [0, 0.1) is 0 Å². The van der Waals surface area contributed by atoms with E-state index in [-0.39, 0.29) is 0 Å². The van der Waals surface area contributed by atoms with Crippen molar-refractivity contribution in [2.75, 3.05) is 13.1 Å². The van der Waals surface area contributed by atoms with Gasteiger partial charge in [0.15, 0.2) is 0 Å². The largest absolute Gasteiger partial charge is 0.316 e. The van der Waals surface area contributed by atoms with Crippen molar-refractivity contribution in [2.24, 2.45) is 0 Å². The summed E-state index contributed by atoms with van der Waals surface area (Å²) in [7, 11) is 0. The molecule has 1 N–H and O–H groups in total. The number of allylic oxidation sites excluding steroid dienone is 1. The molecule has 0 saturated heterocycles. The fourth-order valence-corrected chi connectivity index (χ4v) is 1.06. The lowest BCUT2D eigenvalue weighted by molar-refractivity contribution is 0.640. The van der Waals surface area contributed by atoms with Crippen LogP contribution < -0.4 is 5.32 Å². The van der Waals surface area contributed by atoms with Crippen LogP contribution in [0.5, 0.6) is 0 Å². The second kappa shape index (κ2) is 4.57. The van der Waals surface area contributed by atoms with Crippen molar-refractivity contribution in [3.05, 3.63) is 12.2 Å². The van der Waals surface area contributed by atoms with Crippen LogP contribution in [0.3, 0.4) is 0 Å². The van der Waals surface area contributed by atoms with Crippen molar-refractivity contribution in [3.63, 3.8) is 0 Å². The number of hydrogen-bond donors (Lipinski definition) is 1. The maximum atomic E-state index is 3.38. The molecule has 0 unspecified atom stereocenters. The van der Waals surface area contributed by atoms with Crippen LogP contribution in [0.15, 0.2) is 12.2 Å². The van der Waals surface area contributed by atoms with Gasteiger partial charge >= 0.3 is 0 Å². The van der Waals surface area contributed by atoms with Crippen LogP contribution >= 0.6 is 0 Å². The summed E-state index contributed by atoms with van der Waals surface area (Å²) < 4.78 is 0. The first kappa shape index (κ1) is 6.81. The van der Waals surface area contributed by atoms with Crippen molar-refractivity contribution < 1.29 is 0 Å². The fraction of sp³-hybridized carbons (Fsp3) is 0.750. The van der Waals surface area contributed by atoms with Crippen LogP contribution in [0.25, 0.3) is 0 Å². The van der Waals surface area contributed by atoms with E-state index in [1.165, 1.54) is 32.2 Å². The standard InChI is InChI=1S/C8H15N/c1-2-4-6-8-9-7-5-3-1/h1,3,9H,2,4-8H2. The van der Waals surface area contributed by atoms with Gasteiger partial charge in [0.25, 0.3) is 0 Å². The van der Waals surface area contributed by atoms with Gasteiger partial charge in [-0.3, -0.25) is 0 Å². The summed E-state index contributed by atoms with van der Waals surface area (Å²) in [5, 5.41) is 3.38. The maximum absolute atomic E-state index is 3.38. The summed E-state index contributed by atoms with van der Waals surface area (Å²) in [6, 6.07) is 0. The van der Waals surface area contributed by atoms with Crippen LogP contribution in [0.1, 0.15) is 25.7 Å². The quantitative estimate of drug-likeness (QED) is 0.486. The van der Waals surface area contributed by atoms with E-state index in [1.807, 2.05) is 0 Å². The highest BCUT2D eigenvalue weighted by atomic mass is 14.8. The minimum absolute atomic E-state index is 1.16. The number of nitrogens with one attached hydrogen (secondary N) is 1. The molecule has 1 aliphatic heterocycles. The molecule has 0 fully saturated rings. The molecule has 0 bridgehead atoms. The second-order valence-electron chi connectivity index (χ2n) is 2.51. The molecule has 0 aliphatic carbocycles. The first-order valence-corrected chi connectivity index (χ1v) is 3.86. The van der Waals surface area contributed by atoms with Gasteiger partial charge in [-0.1, -0.05) is 12.2 Å². The Morgan fingerprint density at radius 1 is 0.889 bits per heavy atom. The molecule has 1 heterocycles. The van der Waals surface area contributed by atoms with Gasteiger partial charge in [-0.2, -0.15) is 0 Å². The van der Waals surface area contributed by atoms with Gasteiger partial charge in [0.05, 0.1) is 0 Å². The van der Waals surface area contributed by atoms with Crippen molar-refractivity contribution in [2.45, 2.75) is 25.7 Å². The Hall–Kier alpha value is -0.300. The minimum atomic E-state index is 1.16. The van der Waals surface area contributed by atoms with E-state index >= 15 is 0 Å². The monoisotopic (exact) mass is 125 g/mol. The lowest BCUT2D eigenvalue weighted by Gasteiger charge is -1.97. The van der Waals surface area contributed by atoms with Gasteiger partial charge in [0.2, 0.25) is 0 Å². The third kappa shape index (κ3) is 3.31. The first-order valence-electron chi connectivity index (χ1n) is 3.86. The molecule has 1 heteroatoms. The van der Waals surface area contributed by atoms with Gasteiger partial charge in [0, 0.05) is 0 Å². The topological polar surface area (TPSA) is 12.0 Å². The van der Waals surface area contributed by atoms with Gasteiger partial charge < -0.3 is 5.32 Å². The minimum Gasteiger partial charge on any atom is -0.316 e. The average molecular weight is 125 g/mol. The van der Waals surface area contributed by atoms with Crippen LogP contribution in [0.2, 0.25) is 0 Å². The highest BCUT2D eigenvalue weighted by Crippen LogP contribution is 1.98. The van der Waals surface area contributed by atoms with Gasteiger partial charge in [-0.05, 0) is 38.8 Å². The van der Waals surface area contributed by atoms with Gasteiger partial charge in [-0.15, -0.1) is 0 Å². The molecular weight excluding hydrogens is 110 g/mol. The zero-order valence-corrected chi connectivity index (χ0v) is 5.90. The summed E-state index contributed by atoms with van der Waals surface area (Å²) in [5.74, 6) is 0. The molecule has 0 radical (unpaired) electrons. The van der Waals surface area contributed by atoms with Crippen molar-refractivity contribution in [1.82, 2.24) is 5.32 Å². The Labute approximate surface area is 57.1 Å². The molecule has 0 aromatic heterocycles. The molecule has 0 saturated carbocycles. The third-order valence-corrected chi connectivity index (χ3v) is 1.63. The van der Waals surface area contributed by atoms with Crippen molar-refractivity contribution >= 4 is 0 Å². The summed E-state index contributed by atoms with van der Waals surface area (Å²) in [6.45, 7) is 2.37. The molecule has 1 rings (SSSR count). The zero-order valence-electron chi connectivity index (χ0n) is 5.90. The predicted octanol–water partition coefficient (Wildman–Crippen LogP) is 1.71. The molecule has 1 nitrogen and oxygen atoms in total. The van der Waals surface area contributed by atoms with Crippen molar-refractivity contribution in [1.29, 1.82) is 0 Å². The van der Waals surface area contributed by atoms with E-state index in [1.54, 1.807) is 0 Å². The highest BCUT2D eigenvalue weighted by Gasteiger charge is 1.89. The second-order valence-corrected chi connectivity index (χ2v) is 2.51. The van der Waals surface area contributed by atoms with Crippen molar-refractivity contribution in [3.8, 4) is 0 Å². The van der Waals surface area contributed by atoms with E-state index in [0.29, 0.717) is 0 Å². The van der Waals surface area contributed by atoms with Crippen LogP contribution in [-0.4, -0.2) is 13.1 Å². The highest BCUT2D eigenvalue weighted by molar-refractivity contribution is 4.83. The molecule has 0 aromatic rings. The van der Waals surface area contributed by atoms with E-state index in [2.05, 4.69) is 17.5 Å².